The van der Waals surface area contributed by atoms with Crippen LogP contribution in [0.3, 0.4) is 0 Å². The molecule has 53 heavy (non-hydrogen) atoms. The molecule has 4 rings (SSSR count). The molecule has 0 bridgehead atoms. The number of aromatic nitrogens is 2. The van der Waals surface area contributed by atoms with Gasteiger partial charge in [0.25, 0.3) is 0 Å². The van der Waals surface area contributed by atoms with Gasteiger partial charge in [-0.15, -0.1) is 13.2 Å². The zero-order valence-corrected chi connectivity index (χ0v) is 31.5. The quantitative estimate of drug-likeness (QED) is 0.115. The summed E-state index contributed by atoms with van der Waals surface area (Å²) in [6.07, 6.45) is -6.24. The molecule has 0 aliphatic carbocycles. The SMILES string of the molecule is C=C(NCCC(=O)OC(C)(C)C)c1ccc(C)cc1.CC.CCCc1nn(-c2cc(C(F)(F)F)ccc2OCC)cc1-c1ccc(OC(F)(F)F)cc1. The second-order valence-corrected chi connectivity index (χ2v) is 12.5. The number of carbonyl (C=O) groups excluding carboxylic acids is 1. The first kappa shape index (κ1) is 44.2. The van der Waals surface area contributed by atoms with Crippen LogP contribution in [0.25, 0.3) is 22.5 Å². The highest BCUT2D eigenvalue weighted by Gasteiger charge is 2.32. The predicted octanol–water partition coefficient (Wildman–Crippen LogP) is 11.1. The number of hydrogen-bond acceptors (Lipinski definition) is 6. The lowest BCUT2D eigenvalue weighted by Gasteiger charge is -2.19. The lowest BCUT2D eigenvalue weighted by Crippen LogP contribution is -2.26. The number of carbonyl (C=O) groups is 1. The summed E-state index contributed by atoms with van der Waals surface area (Å²) < 4.78 is 92.9. The van der Waals surface area contributed by atoms with Gasteiger partial charge in [0.1, 0.15) is 22.8 Å². The first-order valence-corrected chi connectivity index (χ1v) is 17.3. The summed E-state index contributed by atoms with van der Waals surface area (Å²) in [7, 11) is 0. The van der Waals surface area contributed by atoms with Crippen LogP contribution < -0.4 is 14.8 Å². The minimum Gasteiger partial charge on any atom is -0.492 e. The Morgan fingerprint density at radius 3 is 2.06 bits per heavy atom. The van der Waals surface area contributed by atoms with Crippen molar-refractivity contribution in [1.82, 2.24) is 15.1 Å². The molecule has 0 saturated heterocycles. The highest BCUT2D eigenvalue weighted by atomic mass is 19.4. The van der Waals surface area contributed by atoms with E-state index in [2.05, 4.69) is 21.7 Å². The van der Waals surface area contributed by atoms with E-state index in [1.54, 1.807) is 13.1 Å². The average Bonchev–Trinajstić information content (AvgIpc) is 3.48. The van der Waals surface area contributed by atoms with Crippen LogP contribution in [0.4, 0.5) is 26.3 Å². The summed E-state index contributed by atoms with van der Waals surface area (Å²) in [5, 5.41) is 7.59. The number of nitrogens with one attached hydrogen (secondary N) is 1. The van der Waals surface area contributed by atoms with Gasteiger partial charge in [-0.25, -0.2) is 4.68 Å². The van der Waals surface area contributed by atoms with E-state index in [-0.39, 0.29) is 29.8 Å². The van der Waals surface area contributed by atoms with E-state index in [0.29, 0.717) is 42.6 Å². The Morgan fingerprint density at radius 2 is 1.53 bits per heavy atom. The summed E-state index contributed by atoms with van der Waals surface area (Å²) in [4.78, 5) is 11.5. The molecule has 0 radical (unpaired) electrons. The Labute approximate surface area is 308 Å². The summed E-state index contributed by atoms with van der Waals surface area (Å²) in [5.74, 6) is -0.342. The van der Waals surface area contributed by atoms with Crippen LogP contribution in [0, 0.1) is 6.92 Å². The van der Waals surface area contributed by atoms with E-state index in [1.807, 2.05) is 72.7 Å². The van der Waals surface area contributed by atoms with Crippen molar-refractivity contribution >= 4 is 11.7 Å². The number of esters is 1. The zero-order chi connectivity index (χ0) is 40.0. The van der Waals surface area contributed by atoms with Gasteiger partial charge in [-0.2, -0.15) is 18.3 Å². The molecule has 1 N–H and O–H groups in total. The molecular weight excluding hydrogens is 700 g/mol. The van der Waals surface area contributed by atoms with Gasteiger partial charge in [0.2, 0.25) is 0 Å². The molecule has 0 spiro atoms. The molecule has 0 amide bonds. The number of ether oxygens (including phenoxy) is 3. The van der Waals surface area contributed by atoms with Crippen molar-refractivity contribution < 1.29 is 45.3 Å². The minimum absolute atomic E-state index is 0.113. The highest BCUT2D eigenvalue weighted by Crippen LogP contribution is 2.36. The molecule has 1 aromatic heterocycles. The number of aryl methyl sites for hydroxylation is 2. The van der Waals surface area contributed by atoms with Gasteiger partial charge in [-0.3, -0.25) is 4.79 Å². The van der Waals surface area contributed by atoms with Gasteiger partial charge in [0.15, 0.2) is 0 Å². The van der Waals surface area contributed by atoms with Crippen molar-refractivity contribution in [1.29, 1.82) is 0 Å². The van der Waals surface area contributed by atoms with E-state index >= 15 is 0 Å². The Kier molecular flexibility index (Phi) is 16.5. The lowest BCUT2D eigenvalue weighted by molar-refractivity contribution is -0.274. The third-order valence-corrected chi connectivity index (χ3v) is 7.00. The third kappa shape index (κ3) is 14.9. The van der Waals surface area contributed by atoms with Crippen molar-refractivity contribution in [3.05, 3.63) is 102 Å². The van der Waals surface area contributed by atoms with Gasteiger partial charge in [-0.1, -0.05) is 75.7 Å². The van der Waals surface area contributed by atoms with E-state index < -0.39 is 23.7 Å². The maximum atomic E-state index is 13.3. The van der Waals surface area contributed by atoms with Gasteiger partial charge >= 0.3 is 18.5 Å². The van der Waals surface area contributed by atoms with Crippen molar-refractivity contribution in [2.24, 2.45) is 0 Å². The Morgan fingerprint density at radius 1 is 0.906 bits per heavy atom. The molecular formula is C40H49F6N3O4. The van der Waals surface area contributed by atoms with E-state index in [1.165, 1.54) is 40.6 Å². The largest absolute Gasteiger partial charge is 0.573 e. The van der Waals surface area contributed by atoms with Crippen LogP contribution in [0.1, 0.15) is 83.7 Å². The minimum atomic E-state index is -4.81. The molecule has 0 fully saturated rings. The van der Waals surface area contributed by atoms with Gasteiger partial charge < -0.3 is 19.5 Å². The fraction of sp³-hybridized carbons (Fsp3) is 0.400. The molecule has 1 heterocycles. The summed E-state index contributed by atoms with van der Waals surface area (Å²) in [6.45, 7) is 20.0. The van der Waals surface area contributed by atoms with Gasteiger partial charge in [-0.05, 0) is 82.5 Å². The molecule has 3 aromatic carbocycles. The number of rotatable bonds is 12. The number of nitrogens with zero attached hydrogens (tertiary/aromatic N) is 2. The van der Waals surface area contributed by atoms with Crippen molar-refractivity contribution in [3.8, 4) is 28.3 Å². The molecule has 0 aliphatic rings. The Bertz CT molecular complexity index is 1740. The number of halogens is 6. The Hall–Kier alpha value is -4.94. The summed E-state index contributed by atoms with van der Waals surface area (Å²) in [6, 6.07) is 16.5. The van der Waals surface area contributed by atoms with Crippen LogP contribution in [-0.2, 0) is 22.1 Å². The summed E-state index contributed by atoms with van der Waals surface area (Å²) >= 11 is 0. The zero-order valence-electron chi connectivity index (χ0n) is 31.5. The molecule has 290 valence electrons. The fourth-order valence-electron chi connectivity index (χ4n) is 4.75. The number of benzene rings is 3. The first-order chi connectivity index (χ1) is 24.8. The van der Waals surface area contributed by atoms with E-state index in [0.717, 1.165) is 23.4 Å². The first-order valence-electron chi connectivity index (χ1n) is 17.3. The van der Waals surface area contributed by atoms with Gasteiger partial charge in [0.05, 0.1) is 24.3 Å². The smallest absolute Gasteiger partial charge is 0.492 e. The second-order valence-electron chi connectivity index (χ2n) is 12.5. The standard InChI is InChI=1S/C22H20F6N2O2.C16H23NO2.C2H6/c1-3-5-18-17(14-6-9-16(10-7-14)32-22(26,27)28)13-30(29-18)19-12-15(21(23,24)25)8-11-20(19)31-4-2;1-12-6-8-14(9-7-12)13(2)17-11-10-15(18)19-16(3,4)5;1-2/h6-13H,3-5H2,1-2H3;6-9,17H,2,10-11H2,1,3-5H3;1-2H3. The van der Waals surface area contributed by atoms with Crippen LogP contribution in [0.5, 0.6) is 11.5 Å². The highest BCUT2D eigenvalue weighted by molar-refractivity contribution is 5.71. The maximum Gasteiger partial charge on any atom is 0.573 e. The molecule has 0 saturated carbocycles. The van der Waals surface area contributed by atoms with Crippen molar-refractivity contribution in [3.63, 3.8) is 0 Å². The molecule has 0 unspecified atom stereocenters. The second kappa shape index (κ2) is 19.8. The van der Waals surface area contributed by atoms with Crippen LogP contribution in [0.2, 0.25) is 0 Å². The molecule has 0 atom stereocenters. The average molecular weight is 750 g/mol. The van der Waals surface area contributed by atoms with Crippen LogP contribution in [-0.4, -0.2) is 40.9 Å². The Balaban J connectivity index is 0.000000396. The van der Waals surface area contributed by atoms with Crippen molar-refractivity contribution in [2.45, 2.75) is 92.8 Å². The monoisotopic (exact) mass is 749 g/mol. The fourth-order valence-corrected chi connectivity index (χ4v) is 4.75. The number of alkyl halides is 6. The maximum absolute atomic E-state index is 13.3. The topological polar surface area (TPSA) is 74.6 Å². The van der Waals surface area contributed by atoms with Crippen LogP contribution >= 0.6 is 0 Å². The summed E-state index contributed by atoms with van der Waals surface area (Å²) in [5.41, 5.74) is 3.65. The third-order valence-electron chi connectivity index (χ3n) is 7.00. The molecule has 4 aromatic rings. The van der Waals surface area contributed by atoms with Crippen molar-refractivity contribution in [2.75, 3.05) is 13.2 Å². The lowest BCUT2D eigenvalue weighted by atomic mass is 10.0. The molecule has 0 aliphatic heterocycles. The normalized spacial score (nSPS) is 11.4. The van der Waals surface area contributed by atoms with Gasteiger partial charge in [0, 0.05) is 24.0 Å². The number of hydrogen-bond donors (Lipinski definition) is 1. The van der Waals surface area contributed by atoms with E-state index in [4.69, 9.17) is 9.47 Å². The molecule has 7 nitrogen and oxygen atoms in total. The molecule has 13 heteroatoms. The predicted molar refractivity (Wildman–Crippen MR) is 196 cm³/mol. The van der Waals surface area contributed by atoms with Crippen LogP contribution in [0.15, 0.2) is 79.5 Å². The van der Waals surface area contributed by atoms with E-state index in [9.17, 15) is 31.1 Å².